The number of nitrogens with zero attached hydrogens (tertiary/aromatic N) is 2. The van der Waals surface area contributed by atoms with Crippen LogP contribution in [-0.4, -0.2) is 20.9 Å². The van der Waals surface area contributed by atoms with Crippen LogP contribution in [0.4, 0.5) is 11.4 Å². The lowest BCUT2D eigenvalue weighted by molar-refractivity contribution is -0.122. The molecular weight excluding hydrogens is 496 g/mol. The Bertz CT molecular complexity index is 1870. The van der Waals surface area contributed by atoms with Crippen molar-refractivity contribution >= 4 is 66.8 Å². The van der Waals surface area contributed by atoms with E-state index < -0.39 is 11.8 Å². The third-order valence-electron chi connectivity index (χ3n) is 8.30. The van der Waals surface area contributed by atoms with Crippen LogP contribution in [0, 0.1) is 11.8 Å². The third kappa shape index (κ3) is 3.63. The zero-order valence-corrected chi connectivity index (χ0v) is 22.6. The molecule has 198 valence electrons. The zero-order chi connectivity index (χ0) is 27.5. The Kier molecular flexibility index (Phi) is 5.52. The average Bonchev–Trinajstić information content (AvgIpc) is 3.41. The summed E-state index contributed by atoms with van der Waals surface area (Å²) in [6.07, 6.45) is 0. The highest BCUT2D eigenvalue weighted by Gasteiger charge is 2.52. The molecule has 2 amide bonds. The molecule has 6 nitrogen and oxygen atoms in total. The van der Waals surface area contributed by atoms with Crippen molar-refractivity contribution in [1.82, 2.24) is 9.13 Å². The van der Waals surface area contributed by atoms with E-state index in [1.807, 2.05) is 60.7 Å². The first-order valence-corrected chi connectivity index (χ1v) is 13.8. The lowest BCUT2D eigenvalue weighted by Gasteiger charge is -2.08. The first kappa shape index (κ1) is 24.2. The number of hydrogen-bond acceptors (Lipinski definition) is 2. The average molecular weight is 527 g/mol. The molecule has 2 atom stereocenters. The Morgan fingerprint density at radius 1 is 0.625 bits per heavy atom. The Balaban J connectivity index is 1.10. The van der Waals surface area contributed by atoms with Crippen LogP contribution in [0.3, 0.4) is 0 Å². The standard InChI is InChI=1S/C34H30N4O2/c1-4-37-27-12-8-6-10-23(27)25-18-21(14-16-29(25)37)35-33(39)31-20(3)32(31)34(40)36-22-15-17-30-26(19-22)24-11-7-9-13-28(24)38(30)5-2/h6-19,31-32H,3-5H2,1-2H3,(H,35,39)(H,36,40)/t31-,32-/m0/s1. The molecule has 2 heterocycles. The van der Waals surface area contributed by atoms with Crippen LogP contribution in [0.2, 0.25) is 0 Å². The van der Waals surface area contributed by atoms with E-state index in [9.17, 15) is 9.59 Å². The van der Waals surface area contributed by atoms with Crippen molar-refractivity contribution in [2.45, 2.75) is 26.9 Å². The lowest BCUT2D eigenvalue weighted by atomic mass is 10.1. The summed E-state index contributed by atoms with van der Waals surface area (Å²) in [6.45, 7) is 10.0. The molecule has 0 radical (unpaired) electrons. The predicted molar refractivity (Wildman–Crippen MR) is 164 cm³/mol. The number of fused-ring (bicyclic) bond motifs is 6. The van der Waals surface area contributed by atoms with E-state index in [1.165, 1.54) is 11.0 Å². The van der Waals surface area contributed by atoms with E-state index >= 15 is 0 Å². The van der Waals surface area contributed by atoms with E-state index in [1.54, 1.807) is 0 Å². The predicted octanol–water partition coefficient (Wildman–Crippen LogP) is 7.32. The van der Waals surface area contributed by atoms with Gasteiger partial charge in [-0.2, -0.15) is 0 Å². The summed E-state index contributed by atoms with van der Waals surface area (Å²) in [7, 11) is 0. The Morgan fingerprint density at radius 3 is 1.45 bits per heavy atom. The lowest BCUT2D eigenvalue weighted by Crippen LogP contribution is -2.20. The molecule has 4 aromatic carbocycles. The molecule has 2 aromatic heterocycles. The summed E-state index contributed by atoms with van der Waals surface area (Å²) in [5.41, 5.74) is 6.69. The minimum atomic E-state index is -0.543. The van der Waals surface area contributed by atoms with Crippen LogP contribution in [0.25, 0.3) is 43.6 Å². The second-order valence-electron chi connectivity index (χ2n) is 10.5. The molecule has 6 aromatic rings. The van der Waals surface area contributed by atoms with Crippen molar-refractivity contribution in [3.8, 4) is 0 Å². The van der Waals surface area contributed by atoms with Gasteiger partial charge < -0.3 is 19.8 Å². The van der Waals surface area contributed by atoms with Crippen molar-refractivity contribution < 1.29 is 9.59 Å². The van der Waals surface area contributed by atoms with Crippen molar-refractivity contribution in [1.29, 1.82) is 0 Å². The highest BCUT2D eigenvalue weighted by molar-refractivity contribution is 6.13. The molecule has 40 heavy (non-hydrogen) atoms. The van der Waals surface area contributed by atoms with Crippen molar-refractivity contribution in [2.75, 3.05) is 10.6 Å². The summed E-state index contributed by atoms with van der Waals surface area (Å²) in [5, 5.41) is 10.6. The van der Waals surface area contributed by atoms with Crippen LogP contribution in [0.15, 0.2) is 97.1 Å². The number of hydrogen-bond donors (Lipinski definition) is 2. The van der Waals surface area contributed by atoms with Crippen LogP contribution in [-0.2, 0) is 22.7 Å². The summed E-state index contributed by atoms with van der Waals surface area (Å²) < 4.78 is 4.55. The van der Waals surface area contributed by atoms with Gasteiger partial charge in [0.1, 0.15) is 0 Å². The second kappa shape index (κ2) is 9.12. The number of aromatic nitrogens is 2. The van der Waals surface area contributed by atoms with E-state index in [4.69, 9.17) is 0 Å². The molecule has 0 unspecified atom stereocenters. The maximum absolute atomic E-state index is 13.2. The van der Waals surface area contributed by atoms with E-state index in [0.717, 1.165) is 45.7 Å². The van der Waals surface area contributed by atoms with E-state index in [2.05, 4.69) is 64.5 Å². The van der Waals surface area contributed by atoms with Gasteiger partial charge >= 0.3 is 0 Å². The van der Waals surface area contributed by atoms with Crippen molar-refractivity contribution in [2.24, 2.45) is 11.8 Å². The molecule has 0 bridgehead atoms. The number of nitrogens with one attached hydrogen (secondary N) is 2. The first-order chi connectivity index (χ1) is 19.5. The summed E-state index contributed by atoms with van der Waals surface area (Å²) in [6, 6.07) is 28.6. The Labute approximate surface area is 231 Å². The minimum absolute atomic E-state index is 0.204. The van der Waals surface area contributed by atoms with Crippen molar-refractivity contribution in [3.63, 3.8) is 0 Å². The van der Waals surface area contributed by atoms with Gasteiger partial charge in [0, 0.05) is 68.1 Å². The Hall–Kier alpha value is -4.84. The molecule has 1 saturated carbocycles. The van der Waals surface area contributed by atoms with Crippen molar-refractivity contribution in [3.05, 3.63) is 97.1 Å². The molecule has 1 aliphatic carbocycles. The molecule has 0 spiro atoms. The van der Waals surface area contributed by atoms with Gasteiger partial charge in [-0.1, -0.05) is 48.6 Å². The van der Waals surface area contributed by atoms with E-state index in [0.29, 0.717) is 16.9 Å². The van der Waals surface area contributed by atoms with Crippen LogP contribution < -0.4 is 10.6 Å². The Morgan fingerprint density at radius 2 is 1.02 bits per heavy atom. The number of benzene rings is 4. The van der Waals surface area contributed by atoms with Gasteiger partial charge in [-0.05, 0) is 62.4 Å². The summed E-state index contributed by atoms with van der Waals surface area (Å²) in [4.78, 5) is 26.4. The maximum atomic E-state index is 13.2. The number of rotatable bonds is 6. The minimum Gasteiger partial charge on any atom is -0.341 e. The van der Waals surface area contributed by atoms with Crippen LogP contribution in [0.1, 0.15) is 13.8 Å². The largest absolute Gasteiger partial charge is 0.341 e. The van der Waals surface area contributed by atoms with Gasteiger partial charge in [-0.15, -0.1) is 0 Å². The van der Waals surface area contributed by atoms with Crippen LogP contribution in [0.5, 0.6) is 0 Å². The van der Waals surface area contributed by atoms with Gasteiger partial charge in [0.25, 0.3) is 0 Å². The van der Waals surface area contributed by atoms with Gasteiger partial charge in [0.2, 0.25) is 11.8 Å². The quantitative estimate of drug-likeness (QED) is 0.223. The summed E-state index contributed by atoms with van der Waals surface area (Å²) >= 11 is 0. The molecular formula is C34H30N4O2. The van der Waals surface area contributed by atoms with Crippen LogP contribution >= 0.6 is 0 Å². The number of anilines is 2. The monoisotopic (exact) mass is 526 g/mol. The number of carbonyl (C=O) groups is 2. The summed E-state index contributed by atoms with van der Waals surface area (Å²) in [5.74, 6) is -1.49. The molecule has 1 fully saturated rings. The molecule has 6 heteroatoms. The maximum Gasteiger partial charge on any atom is 0.232 e. The normalized spacial score (nSPS) is 16.7. The highest BCUT2D eigenvalue weighted by Crippen LogP contribution is 2.46. The van der Waals surface area contributed by atoms with Gasteiger partial charge in [0.15, 0.2) is 0 Å². The fraction of sp³-hybridized carbons (Fsp3) is 0.176. The molecule has 7 rings (SSSR count). The molecule has 1 aliphatic rings. The fourth-order valence-corrected chi connectivity index (χ4v) is 6.34. The smallest absolute Gasteiger partial charge is 0.232 e. The molecule has 0 aliphatic heterocycles. The fourth-order valence-electron chi connectivity index (χ4n) is 6.34. The molecule has 2 N–H and O–H groups in total. The SMILES string of the molecule is C=C1[C@H](C(=O)Nc2ccc3c(c2)c2ccccc2n3CC)[C@H]1C(=O)Nc1ccc2c(c1)c1ccccc1n2CC. The second-order valence-corrected chi connectivity index (χ2v) is 10.5. The molecule has 0 saturated heterocycles. The topological polar surface area (TPSA) is 68.1 Å². The zero-order valence-electron chi connectivity index (χ0n) is 22.6. The first-order valence-electron chi connectivity index (χ1n) is 13.8. The number of carbonyl (C=O) groups excluding carboxylic acids is 2. The van der Waals surface area contributed by atoms with Gasteiger partial charge in [-0.25, -0.2) is 0 Å². The van der Waals surface area contributed by atoms with Gasteiger partial charge in [0.05, 0.1) is 11.8 Å². The number of para-hydroxylation sites is 2. The highest BCUT2D eigenvalue weighted by atomic mass is 16.2. The number of aryl methyl sites for hydroxylation is 2. The third-order valence-corrected chi connectivity index (χ3v) is 8.30. The van der Waals surface area contributed by atoms with E-state index in [-0.39, 0.29) is 11.8 Å². The number of amides is 2. The van der Waals surface area contributed by atoms with Gasteiger partial charge in [-0.3, -0.25) is 9.59 Å².